The van der Waals surface area contributed by atoms with E-state index in [2.05, 4.69) is 10.1 Å². The summed E-state index contributed by atoms with van der Waals surface area (Å²) in [5.74, 6) is 0.574. The van der Waals surface area contributed by atoms with Gasteiger partial charge in [-0.3, -0.25) is 0 Å². The molecule has 0 saturated carbocycles. The first kappa shape index (κ1) is 12.9. The van der Waals surface area contributed by atoms with Gasteiger partial charge in [0.2, 0.25) is 0 Å². The first-order chi connectivity index (χ1) is 9.22. The monoisotopic (exact) mass is 259 g/mol. The Bertz CT molecular complexity index is 562. The third-order valence-corrected chi connectivity index (χ3v) is 2.60. The van der Waals surface area contributed by atoms with Crippen molar-refractivity contribution >= 4 is 11.7 Å². The molecule has 0 amide bonds. The third kappa shape index (κ3) is 3.04. The number of nitrogens with zero attached hydrogens (tertiary/aromatic N) is 3. The number of hydrogen-bond donors (Lipinski definition) is 2. The fourth-order valence-electron chi connectivity index (χ4n) is 1.75. The van der Waals surface area contributed by atoms with Crippen molar-refractivity contribution in [3.63, 3.8) is 0 Å². The van der Waals surface area contributed by atoms with Crippen LogP contribution in [-0.2, 0) is 11.4 Å². The normalized spacial score (nSPS) is 11.5. The second-order valence-corrected chi connectivity index (χ2v) is 3.99. The Kier molecular flexibility index (Phi) is 4.02. The van der Waals surface area contributed by atoms with Crippen LogP contribution in [0.15, 0.2) is 41.8 Å². The molecule has 100 valence electrons. The van der Waals surface area contributed by atoms with E-state index in [1.54, 1.807) is 6.33 Å². The fourth-order valence-corrected chi connectivity index (χ4v) is 1.75. The zero-order valence-corrected chi connectivity index (χ0v) is 10.8. The van der Waals surface area contributed by atoms with Crippen LogP contribution in [0.25, 0.3) is 0 Å². The van der Waals surface area contributed by atoms with Gasteiger partial charge >= 0.3 is 0 Å². The molecule has 0 unspecified atom stereocenters. The summed E-state index contributed by atoms with van der Waals surface area (Å²) >= 11 is 0. The number of nitrogen functional groups attached to an aromatic ring is 1. The lowest BCUT2D eigenvalue weighted by atomic mass is 10.2. The molecule has 6 nitrogen and oxygen atoms in total. The van der Waals surface area contributed by atoms with Crippen molar-refractivity contribution in [1.29, 1.82) is 0 Å². The Morgan fingerprint density at radius 1 is 1.37 bits per heavy atom. The van der Waals surface area contributed by atoms with E-state index in [0.29, 0.717) is 24.7 Å². The minimum Gasteiger partial charge on any atom is -0.394 e. The number of benzene rings is 1. The summed E-state index contributed by atoms with van der Waals surface area (Å²) in [4.78, 5) is 9.01. The molecule has 4 N–H and O–H groups in total. The van der Waals surface area contributed by atoms with E-state index in [9.17, 15) is 0 Å². The number of aromatic nitrogens is 2. The van der Waals surface area contributed by atoms with Crippen molar-refractivity contribution in [3.8, 4) is 0 Å². The quantitative estimate of drug-likeness (QED) is 0.479. The van der Waals surface area contributed by atoms with E-state index in [1.165, 1.54) is 0 Å². The van der Waals surface area contributed by atoms with Crippen LogP contribution in [0, 0.1) is 0 Å². The topological polar surface area (TPSA) is 91.4 Å². The maximum atomic E-state index is 5.86. The van der Waals surface area contributed by atoms with Gasteiger partial charge in [-0.2, -0.15) is 0 Å². The summed E-state index contributed by atoms with van der Waals surface area (Å²) in [6.45, 7) is 2.91. The summed E-state index contributed by atoms with van der Waals surface area (Å²) < 4.78 is 1.85. The van der Waals surface area contributed by atoms with Gasteiger partial charge in [-0.1, -0.05) is 35.5 Å². The highest BCUT2D eigenvalue weighted by molar-refractivity contribution is 5.99. The lowest BCUT2D eigenvalue weighted by Gasteiger charge is -2.08. The van der Waals surface area contributed by atoms with Gasteiger partial charge in [0.05, 0.1) is 6.33 Å². The highest BCUT2D eigenvalue weighted by Gasteiger charge is 2.13. The number of nitrogens with two attached hydrogens (primary N) is 2. The summed E-state index contributed by atoms with van der Waals surface area (Å²) in [7, 11) is 0. The molecule has 0 atom stereocenters. The van der Waals surface area contributed by atoms with E-state index in [0.717, 1.165) is 5.56 Å². The van der Waals surface area contributed by atoms with E-state index in [1.807, 2.05) is 41.8 Å². The Labute approximate surface area is 111 Å². The molecular weight excluding hydrogens is 242 g/mol. The number of rotatable bonds is 5. The average molecular weight is 259 g/mol. The zero-order valence-electron chi connectivity index (χ0n) is 10.8. The number of imidazole rings is 1. The van der Waals surface area contributed by atoms with Gasteiger partial charge < -0.3 is 20.9 Å². The van der Waals surface area contributed by atoms with E-state index < -0.39 is 0 Å². The molecule has 0 aliphatic rings. The largest absolute Gasteiger partial charge is 0.394 e. The molecule has 1 aromatic carbocycles. The predicted molar refractivity (Wildman–Crippen MR) is 74.5 cm³/mol. The molecule has 0 spiro atoms. The van der Waals surface area contributed by atoms with Crippen molar-refractivity contribution in [1.82, 2.24) is 9.55 Å². The summed E-state index contributed by atoms with van der Waals surface area (Å²) in [5, 5.41) is 3.80. The molecule has 6 heteroatoms. The van der Waals surface area contributed by atoms with Crippen molar-refractivity contribution in [2.24, 2.45) is 10.9 Å². The molecule has 0 radical (unpaired) electrons. The Morgan fingerprint density at radius 2 is 2.11 bits per heavy atom. The number of hydrogen-bond acceptors (Lipinski definition) is 4. The molecule has 0 saturated heterocycles. The average Bonchev–Trinajstić information content (AvgIpc) is 2.78. The van der Waals surface area contributed by atoms with Gasteiger partial charge in [0.15, 0.2) is 11.7 Å². The molecule has 19 heavy (non-hydrogen) atoms. The minimum atomic E-state index is 0.229. The summed E-state index contributed by atoms with van der Waals surface area (Å²) in [6, 6.07) is 9.98. The molecule has 0 aliphatic carbocycles. The van der Waals surface area contributed by atoms with Gasteiger partial charge in [-0.25, -0.2) is 4.98 Å². The van der Waals surface area contributed by atoms with Crippen LogP contribution in [0.4, 0.5) is 5.82 Å². The van der Waals surface area contributed by atoms with Crippen LogP contribution in [0.5, 0.6) is 0 Å². The van der Waals surface area contributed by atoms with E-state index in [-0.39, 0.29) is 5.84 Å². The maximum Gasteiger partial charge on any atom is 0.190 e. The molecular formula is C13H17N5O. The van der Waals surface area contributed by atoms with E-state index >= 15 is 0 Å². The SMILES string of the molecule is CCO/N=C(\N)c1c(N)ncn1Cc1ccccc1. The van der Waals surface area contributed by atoms with Crippen LogP contribution in [0.2, 0.25) is 0 Å². The lowest BCUT2D eigenvalue weighted by Crippen LogP contribution is -2.20. The fraction of sp³-hybridized carbons (Fsp3) is 0.231. The van der Waals surface area contributed by atoms with Crippen LogP contribution in [0.3, 0.4) is 0 Å². The van der Waals surface area contributed by atoms with Gasteiger partial charge in [-0.05, 0) is 12.5 Å². The van der Waals surface area contributed by atoms with Crippen molar-refractivity contribution in [3.05, 3.63) is 47.9 Å². The zero-order chi connectivity index (χ0) is 13.7. The molecule has 0 aliphatic heterocycles. The van der Waals surface area contributed by atoms with Crippen LogP contribution in [-0.4, -0.2) is 22.0 Å². The number of oxime groups is 1. The summed E-state index contributed by atoms with van der Waals surface area (Å²) in [5.41, 5.74) is 13.4. The number of amidine groups is 1. The number of anilines is 1. The molecule has 0 bridgehead atoms. The summed E-state index contributed by atoms with van der Waals surface area (Å²) in [6.07, 6.45) is 1.64. The highest BCUT2D eigenvalue weighted by Crippen LogP contribution is 2.12. The van der Waals surface area contributed by atoms with Crippen molar-refractivity contribution in [2.45, 2.75) is 13.5 Å². The van der Waals surface area contributed by atoms with Gasteiger partial charge in [0.25, 0.3) is 0 Å². The molecule has 0 fully saturated rings. The van der Waals surface area contributed by atoms with Gasteiger partial charge in [0, 0.05) is 6.54 Å². The van der Waals surface area contributed by atoms with E-state index in [4.69, 9.17) is 16.3 Å². The minimum absolute atomic E-state index is 0.229. The molecule has 2 rings (SSSR count). The van der Waals surface area contributed by atoms with Crippen LogP contribution < -0.4 is 11.5 Å². The predicted octanol–water partition coefficient (Wildman–Crippen LogP) is 1.17. The van der Waals surface area contributed by atoms with Crippen molar-refractivity contribution in [2.75, 3.05) is 12.3 Å². The van der Waals surface area contributed by atoms with Crippen LogP contribution >= 0.6 is 0 Å². The molecule has 1 aromatic heterocycles. The highest BCUT2D eigenvalue weighted by atomic mass is 16.6. The van der Waals surface area contributed by atoms with Crippen molar-refractivity contribution < 1.29 is 4.84 Å². The molecule has 2 aromatic rings. The second kappa shape index (κ2) is 5.90. The van der Waals surface area contributed by atoms with Crippen LogP contribution in [0.1, 0.15) is 18.2 Å². The Balaban J connectivity index is 2.27. The standard InChI is InChI=1S/C13H17N5O/c1-2-19-17-13(15)11-12(14)16-9-18(11)8-10-6-4-3-5-7-10/h3-7,9H,2,8,14H2,1H3,(H2,15,17). The first-order valence-corrected chi connectivity index (χ1v) is 6.02. The van der Waals surface area contributed by atoms with Gasteiger partial charge in [0.1, 0.15) is 12.3 Å². The Hall–Kier alpha value is -2.50. The smallest absolute Gasteiger partial charge is 0.190 e. The molecule has 1 heterocycles. The van der Waals surface area contributed by atoms with Gasteiger partial charge in [-0.15, -0.1) is 0 Å². The second-order valence-electron chi connectivity index (χ2n) is 3.99. The maximum absolute atomic E-state index is 5.86. The Morgan fingerprint density at radius 3 is 2.79 bits per heavy atom. The first-order valence-electron chi connectivity index (χ1n) is 6.02. The lowest BCUT2D eigenvalue weighted by molar-refractivity contribution is 0.158. The third-order valence-electron chi connectivity index (χ3n) is 2.60.